The third kappa shape index (κ3) is 0.873. The minimum Gasteiger partial charge on any atom is -0.379 e. The molecule has 0 saturated heterocycles. The van der Waals surface area contributed by atoms with Crippen LogP contribution in [-0.4, -0.2) is 12.7 Å². The van der Waals surface area contributed by atoms with Crippen LogP contribution in [0.5, 0.6) is 0 Å². The van der Waals surface area contributed by atoms with Gasteiger partial charge in [-0.05, 0) is 25.7 Å². The van der Waals surface area contributed by atoms with Gasteiger partial charge in [-0.2, -0.15) is 0 Å². The van der Waals surface area contributed by atoms with Gasteiger partial charge >= 0.3 is 0 Å². The second kappa shape index (κ2) is 1.73. The maximum atomic E-state index is 5.24. The summed E-state index contributed by atoms with van der Waals surface area (Å²) < 4.78 is 5.24. The Hall–Kier alpha value is -0.0400. The third-order valence-electron chi connectivity index (χ3n) is 2.05. The number of hydrogen-bond donors (Lipinski definition) is 0. The van der Waals surface area contributed by atoms with E-state index in [1.165, 1.54) is 12.8 Å². The molecule has 0 amide bonds. The number of rotatable bonds is 1. The average molecular weight is 114 g/mol. The largest absolute Gasteiger partial charge is 0.379 e. The molecule has 1 saturated carbocycles. The zero-order valence-electron chi connectivity index (χ0n) is 5.90. The van der Waals surface area contributed by atoms with Gasteiger partial charge in [0.05, 0.1) is 5.60 Å². The number of hydrogen-bond acceptors (Lipinski definition) is 1. The monoisotopic (exact) mass is 114 g/mol. The van der Waals surface area contributed by atoms with Crippen molar-refractivity contribution in [3.63, 3.8) is 0 Å². The Labute approximate surface area is 51.0 Å². The second-order valence-corrected chi connectivity index (χ2v) is 3.17. The van der Waals surface area contributed by atoms with Crippen LogP contribution in [0.3, 0.4) is 0 Å². The summed E-state index contributed by atoms with van der Waals surface area (Å²) >= 11 is 0. The molecule has 1 nitrogen and oxygen atoms in total. The molecule has 0 heterocycles. The summed E-state index contributed by atoms with van der Waals surface area (Å²) in [5.74, 6) is 0.889. The molecule has 0 bridgehead atoms. The zero-order chi connectivity index (χ0) is 6.20. The topological polar surface area (TPSA) is 9.23 Å². The van der Waals surface area contributed by atoms with Crippen LogP contribution in [0.4, 0.5) is 0 Å². The van der Waals surface area contributed by atoms with Crippen molar-refractivity contribution in [3.8, 4) is 0 Å². The second-order valence-electron chi connectivity index (χ2n) is 3.17. The Morgan fingerprint density at radius 2 is 2.00 bits per heavy atom. The Morgan fingerprint density at radius 1 is 1.50 bits per heavy atom. The van der Waals surface area contributed by atoms with Crippen molar-refractivity contribution in [2.75, 3.05) is 7.11 Å². The van der Waals surface area contributed by atoms with E-state index in [0.717, 1.165) is 5.92 Å². The Bertz CT molecular complexity index is 82.4. The molecule has 0 atom stereocenters. The summed E-state index contributed by atoms with van der Waals surface area (Å²) in [4.78, 5) is 0. The van der Waals surface area contributed by atoms with Gasteiger partial charge in [0, 0.05) is 7.11 Å². The molecule has 8 heavy (non-hydrogen) atoms. The summed E-state index contributed by atoms with van der Waals surface area (Å²) in [6.07, 6.45) is 2.48. The van der Waals surface area contributed by atoms with Crippen molar-refractivity contribution in [3.05, 3.63) is 0 Å². The Morgan fingerprint density at radius 3 is 2.12 bits per heavy atom. The molecule has 0 aromatic carbocycles. The normalized spacial score (nSPS) is 46.1. The van der Waals surface area contributed by atoms with Crippen molar-refractivity contribution in [2.45, 2.75) is 32.3 Å². The molecule has 1 rings (SSSR count). The van der Waals surface area contributed by atoms with E-state index in [9.17, 15) is 0 Å². The van der Waals surface area contributed by atoms with E-state index >= 15 is 0 Å². The lowest BCUT2D eigenvalue weighted by atomic mass is 9.73. The van der Waals surface area contributed by atoms with Gasteiger partial charge in [-0.25, -0.2) is 0 Å². The van der Waals surface area contributed by atoms with Crippen LogP contribution in [0.2, 0.25) is 0 Å². The summed E-state index contributed by atoms with van der Waals surface area (Å²) in [5.41, 5.74) is 0.236. The van der Waals surface area contributed by atoms with Gasteiger partial charge in [0.25, 0.3) is 0 Å². The molecule has 0 aromatic rings. The summed E-state index contributed by atoms with van der Waals surface area (Å²) in [6, 6.07) is 0. The highest BCUT2D eigenvalue weighted by Gasteiger charge is 2.37. The van der Waals surface area contributed by atoms with Crippen LogP contribution in [0.15, 0.2) is 0 Å². The highest BCUT2D eigenvalue weighted by molar-refractivity contribution is 4.89. The van der Waals surface area contributed by atoms with Crippen LogP contribution in [-0.2, 0) is 4.74 Å². The van der Waals surface area contributed by atoms with Gasteiger partial charge in [-0.15, -0.1) is 0 Å². The quantitative estimate of drug-likeness (QED) is 0.505. The van der Waals surface area contributed by atoms with Crippen LogP contribution in [0, 0.1) is 5.92 Å². The minimum atomic E-state index is 0.236. The molecular weight excluding hydrogens is 100 g/mol. The first-order chi connectivity index (χ1) is 3.66. The first-order valence-electron chi connectivity index (χ1n) is 3.21. The lowest BCUT2D eigenvalue weighted by Gasteiger charge is -2.42. The molecule has 0 N–H and O–H groups in total. The van der Waals surface area contributed by atoms with Crippen LogP contribution in [0.1, 0.15) is 26.7 Å². The van der Waals surface area contributed by atoms with E-state index in [-0.39, 0.29) is 5.60 Å². The first kappa shape index (κ1) is 6.09. The summed E-state index contributed by atoms with van der Waals surface area (Å²) in [5, 5.41) is 0. The lowest BCUT2D eigenvalue weighted by Crippen LogP contribution is -2.41. The molecule has 0 aromatic heterocycles. The Kier molecular flexibility index (Phi) is 1.31. The Balaban J connectivity index is 2.30. The SMILES string of the molecule is COC1(C)CC(C)C1. The van der Waals surface area contributed by atoms with E-state index in [4.69, 9.17) is 4.74 Å². The summed E-state index contributed by atoms with van der Waals surface area (Å²) in [6.45, 7) is 4.44. The highest BCUT2D eigenvalue weighted by Crippen LogP contribution is 2.39. The fourth-order valence-corrected chi connectivity index (χ4v) is 1.58. The first-order valence-corrected chi connectivity index (χ1v) is 3.21. The van der Waals surface area contributed by atoms with Gasteiger partial charge < -0.3 is 4.74 Å². The maximum Gasteiger partial charge on any atom is 0.0655 e. The van der Waals surface area contributed by atoms with E-state index in [2.05, 4.69) is 13.8 Å². The predicted molar refractivity (Wildman–Crippen MR) is 33.8 cm³/mol. The van der Waals surface area contributed by atoms with Crippen molar-refractivity contribution < 1.29 is 4.74 Å². The standard InChI is InChI=1S/C7H14O/c1-6-4-7(2,5-6)8-3/h6H,4-5H2,1-3H3. The molecule has 0 spiro atoms. The van der Waals surface area contributed by atoms with Gasteiger partial charge in [0.1, 0.15) is 0 Å². The highest BCUT2D eigenvalue weighted by atomic mass is 16.5. The van der Waals surface area contributed by atoms with E-state index < -0.39 is 0 Å². The lowest BCUT2D eigenvalue weighted by molar-refractivity contribution is -0.0851. The number of methoxy groups -OCH3 is 1. The molecule has 1 heteroatoms. The molecule has 1 aliphatic carbocycles. The van der Waals surface area contributed by atoms with Gasteiger partial charge in [0.15, 0.2) is 0 Å². The van der Waals surface area contributed by atoms with Gasteiger partial charge in [-0.1, -0.05) is 6.92 Å². The zero-order valence-corrected chi connectivity index (χ0v) is 5.90. The third-order valence-corrected chi connectivity index (χ3v) is 2.05. The van der Waals surface area contributed by atoms with Crippen molar-refractivity contribution in [1.29, 1.82) is 0 Å². The van der Waals surface area contributed by atoms with E-state index in [1.54, 1.807) is 7.11 Å². The minimum absolute atomic E-state index is 0.236. The van der Waals surface area contributed by atoms with Crippen molar-refractivity contribution in [1.82, 2.24) is 0 Å². The summed E-state index contributed by atoms with van der Waals surface area (Å²) in [7, 11) is 1.80. The van der Waals surface area contributed by atoms with Gasteiger partial charge in [-0.3, -0.25) is 0 Å². The van der Waals surface area contributed by atoms with E-state index in [1.807, 2.05) is 0 Å². The molecule has 1 fully saturated rings. The molecular formula is C7H14O. The predicted octanol–water partition coefficient (Wildman–Crippen LogP) is 1.82. The molecule has 0 radical (unpaired) electrons. The van der Waals surface area contributed by atoms with Crippen LogP contribution >= 0.6 is 0 Å². The van der Waals surface area contributed by atoms with Crippen LogP contribution < -0.4 is 0 Å². The maximum absolute atomic E-state index is 5.24. The van der Waals surface area contributed by atoms with E-state index in [0.29, 0.717) is 0 Å². The fraction of sp³-hybridized carbons (Fsp3) is 1.00. The van der Waals surface area contributed by atoms with Gasteiger partial charge in [0.2, 0.25) is 0 Å². The molecule has 0 unspecified atom stereocenters. The fourth-order valence-electron chi connectivity index (χ4n) is 1.58. The molecule has 48 valence electrons. The average Bonchev–Trinajstić information content (AvgIpc) is 1.63. The van der Waals surface area contributed by atoms with Crippen molar-refractivity contribution >= 4 is 0 Å². The molecule has 0 aliphatic heterocycles. The van der Waals surface area contributed by atoms with Crippen LogP contribution in [0.25, 0.3) is 0 Å². The van der Waals surface area contributed by atoms with Crippen molar-refractivity contribution in [2.24, 2.45) is 5.92 Å². The smallest absolute Gasteiger partial charge is 0.0655 e. The molecule has 1 aliphatic rings. The number of ether oxygens (including phenoxy) is 1.